The first-order valence-corrected chi connectivity index (χ1v) is 6.96. The van der Waals surface area contributed by atoms with Crippen LogP contribution in [0.1, 0.15) is 30.1 Å². The quantitative estimate of drug-likeness (QED) is 0.874. The molecule has 2 aromatic rings. The number of carbonyl (C=O) groups is 1. The number of rotatable bonds is 5. The average molecular weight is 276 g/mol. The van der Waals surface area contributed by atoms with Gasteiger partial charge in [0.25, 0.3) is 0 Å². The lowest BCUT2D eigenvalue weighted by Crippen LogP contribution is -2.29. The van der Waals surface area contributed by atoms with Gasteiger partial charge in [-0.1, -0.05) is 6.92 Å². The van der Waals surface area contributed by atoms with Crippen LogP contribution in [0.15, 0.2) is 29.9 Å². The number of hydrogen-bond acceptors (Lipinski definition) is 5. The van der Waals surface area contributed by atoms with Crippen LogP contribution in [0.25, 0.3) is 0 Å². The van der Waals surface area contributed by atoms with Crippen molar-refractivity contribution < 1.29 is 4.79 Å². The second kappa shape index (κ2) is 6.29. The van der Waals surface area contributed by atoms with Gasteiger partial charge in [-0.3, -0.25) is 9.78 Å². The summed E-state index contributed by atoms with van der Waals surface area (Å²) >= 11 is 1.55. The Morgan fingerprint density at radius 1 is 1.47 bits per heavy atom. The fourth-order valence-electron chi connectivity index (χ4n) is 1.70. The van der Waals surface area contributed by atoms with Gasteiger partial charge in [0.2, 0.25) is 5.91 Å². The maximum atomic E-state index is 12.0. The van der Waals surface area contributed by atoms with E-state index in [4.69, 9.17) is 5.73 Å². The number of pyridine rings is 1. The van der Waals surface area contributed by atoms with Crippen LogP contribution in [-0.4, -0.2) is 15.9 Å². The molecule has 19 heavy (non-hydrogen) atoms. The predicted octanol–water partition coefficient (Wildman–Crippen LogP) is 1.93. The van der Waals surface area contributed by atoms with Crippen LogP contribution in [0, 0.1) is 0 Å². The van der Waals surface area contributed by atoms with Crippen LogP contribution in [0.4, 0.5) is 5.69 Å². The lowest BCUT2D eigenvalue weighted by Gasteiger charge is -2.14. The van der Waals surface area contributed by atoms with Gasteiger partial charge >= 0.3 is 0 Å². The summed E-state index contributed by atoms with van der Waals surface area (Å²) in [4.78, 5) is 20.3. The molecule has 5 nitrogen and oxygen atoms in total. The molecule has 0 bridgehead atoms. The van der Waals surface area contributed by atoms with E-state index in [1.54, 1.807) is 35.9 Å². The molecular weight excluding hydrogens is 260 g/mol. The number of hydrogen-bond donors (Lipinski definition) is 2. The van der Waals surface area contributed by atoms with Crippen molar-refractivity contribution in [3.05, 3.63) is 40.6 Å². The van der Waals surface area contributed by atoms with E-state index in [2.05, 4.69) is 15.3 Å². The molecule has 2 heterocycles. The normalized spacial score (nSPS) is 12.1. The Bertz CT molecular complexity index is 524. The molecule has 0 spiro atoms. The molecule has 0 aliphatic carbocycles. The monoisotopic (exact) mass is 276 g/mol. The zero-order valence-electron chi connectivity index (χ0n) is 10.7. The zero-order valence-corrected chi connectivity index (χ0v) is 11.5. The Labute approximate surface area is 115 Å². The van der Waals surface area contributed by atoms with Gasteiger partial charge in [-0.2, -0.15) is 0 Å². The highest BCUT2D eigenvalue weighted by Gasteiger charge is 2.15. The minimum Gasteiger partial charge on any atom is -0.397 e. The van der Waals surface area contributed by atoms with E-state index in [-0.39, 0.29) is 18.4 Å². The van der Waals surface area contributed by atoms with Gasteiger partial charge in [0.05, 0.1) is 24.3 Å². The summed E-state index contributed by atoms with van der Waals surface area (Å²) in [6, 6.07) is 3.48. The van der Waals surface area contributed by atoms with Crippen molar-refractivity contribution in [2.75, 3.05) is 5.73 Å². The first-order chi connectivity index (χ1) is 9.19. The van der Waals surface area contributed by atoms with Crippen molar-refractivity contribution in [3.63, 3.8) is 0 Å². The molecule has 6 heteroatoms. The molecule has 0 saturated carbocycles. The van der Waals surface area contributed by atoms with Gasteiger partial charge in [-0.05, 0) is 18.6 Å². The smallest absolute Gasteiger partial charge is 0.226 e. The Balaban J connectivity index is 1.95. The maximum absolute atomic E-state index is 12.0. The number of nitrogens with zero attached hydrogens (tertiary/aromatic N) is 2. The van der Waals surface area contributed by atoms with Crippen molar-refractivity contribution in [1.29, 1.82) is 0 Å². The average Bonchev–Trinajstić information content (AvgIpc) is 2.92. The summed E-state index contributed by atoms with van der Waals surface area (Å²) in [6.45, 7) is 2.02. The molecule has 2 rings (SSSR count). The standard InChI is InChI=1S/C13H16N4OS/c1-2-11(13-15-5-6-19-13)17-12(18)7-10-4-3-9(14)8-16-10/h3-6,8,11H,2,7,14H2,1H3,(H,17,18). The van der Waals surface area contributed by atoms with E-state index in [1.165, 1.54) is 0 Å². The number of anilines is 1. The first-order valence-electron chi connectivity index (χ1n) is 6.08. The lowest BCUT2D eigenvalue weighted by atomic mass is 10.2. The van der Waals surface area contributed by atoms with Gasteiger partial charge in [0, 0.05) is 17.3 Å². The summed E-state index contributed by atoms with van der Waals surface area (Å²) in [6.07, 6.45) is 4.37. The molecule has 100 valence electrons. The summed E-state index contributed by atoms with van der Waals surface area (Å²) in [5.41, 5.74) is 6.86. The molecule has 1 unspecified atom stereocenters. The highest BCUT2D eigenvalue weighted by atomic mass is 32.1. The third-order valence-corrected chi connectivity index (χ3v) is 3.57. The van der Waals surface area contributed by atoms with Crippen LogP contribution in [0.2, 0.25) is 0 Å². The van der Waals surface area contributed by atoms with Gasteiger partial charge in [-0.25, -0.2) is 4.98 Å². The van der Waals surface area contributed by atoms with Crippen molar-refractivity contribution in [2.45, 2.75) is 25.8 Å². The number of nitrogen functional groups attached to an aromatic ring is 1. The topological polar surface area (TPSA) is 80.9 Å². The highest BCUT2D eigenvalue weighted by molar-refractivity contribution is 7.09. The number of thiazole rings is 1. The SMILES string of the molecule is CCC(NC(=O)Cc1ccc(N)cn1)c1nccs1. The first kappa shape index (κ1) is 13.5. The van der Waals surface area contributed by atoms with Crippen molar-refractivity contribution in [1.82, 2.24) is 15.3 Å². The van der Waals surface area contributed by atoms with Crippen LogP contribution in [0.3, 0.4) is 0 Å². The molecule has 3 N–H and O–H groups in total. The summed E-state index contributed by atoms with van der Waals surface area (Å²) < 4.78 is 0. The number of nitrogens with two attached hydrogens (primary N) is 1. The Kier molecular flexibility index (Phi) is 4.46. The molecule has 0 saturated heterocycles. The van der Waals surface area contributed by atoms with Crippen LogP contribution >= 0.6 is 11.3 Å². The van der Waals surface area contributed by atoms with E-state index in [0.29, 0.717) is 11.4 Å². The van der Waals surface area contributed by atoms with Crippen molar-refractivity contribution >= 4 is 22.9 Å². The second-order valence-electron chi connectivity index (χ2n) is 4.16. The Hall–Kier alpha value is -1.95. The minimum atomic E-state index is -0.0562. The number of amides is 1. The Morgan fingerprint density at radius 3 is 2.89 bits per heavy atom. The number of aromatic nitrogens is 2. The van der Waals surface area contributed by atoms with E-state index in [9.17, 15) is 4.79 Å². The van der Waals surface area contributed by atoms with E-state index in [0.717, 1.165) is 11.4 Å². The molecule has 0 aliphatic rings. The zero-order chi connectivity index (χ0) is 13.7. The molecule has 1 atom stereocenters. The van der Waals surface area contributed by atoms with Gasteiger partial charge in [-0.15, -0.1) is 11.3 Å². The van der Waals surface area contributed by atoms with Gasteiger partial charge in [0.1, 0.15) is 5.01 Å². The summed E-state index contributed by atoms with van der Waals surface area (Å²) in [5.74, 6) is -0.0562. The fraction of sp³-hybridized carbons (Fsp3) is 0.308. The van der Waals surface area contributed by atoms with Crippen molar-refractivity contribution in [3.8, 4) is 0 Å². The number of nitrogens with one attached hydrogen (secondary N) is 1. The Morgan fingerprint density at radius 2 is 2.32 bits per heavy atom. The summed E-state index contributed by atoms with van der Waals surface area (Å²) in [7, 11) is 0. The molecule has 1 amide bonds. The van der Waals surface area contributed by atoms with Crippen LogP contribution in [0.5, 0.6) is 0 Å². The molecule has 2 aromatic heterocycles. The van der Waals surface area contributed by atoms with E-state index < -0.39 is 0 Å². The van der Waals surface area contributed by atoms with Crippen LogP contribution in [-0.2, 0) is 11.2 Å². The second-order valence-corrected chi connectivity index (χ2v) is 5.08. The molecule has 0 fully saturated rings. The third-order valence-electron chi connectivity index (χ3n) is 2.68. The number of carbonyl (C=O) groups excluding carboxylic acids is 1. The minimum absolute atomic E-state index is 0.0266. The third kappa shape index (κ3) is 3.75. The largest absolute Gasteiger partial charge is 0.397 e. The fourth-order valence-corrected chi connectivity index (χ4v) is 2.47. The van der Waals surface area contributed by atoms with Crippen LogP contribution < -0.4 is 11.1 Å². The lowest BCUT2D eigenvalue weighted by molar-refractivity contribution is -0.121. The van der Waals surface area contributed by atoms with Gasteiger partial charge < -0.3 is 11.1 Å². The van der Waals surface area contributed by atoms with Crippen molar-refractivity contribution in [2.24, 2.45) is 0 Å². The molecule has 0 aromatic carbocycles. The molecule has 0 aliphatic heterocycles. The van der Waals surface area contributed by atoms with Gasteiger partial charge in [0.15, 0.2) is 0 Å². The highest BCUT2D eigenvalue weighted by Crippen LogP contribution is 2.18. The summed E-state index contributed by atoms with van der Waals surface area (Å²) in [5, 5.41) is 5.81. The predicted molar refractivity (Wildman–Crippen MR) is 75.6 cm³/mol. The maximum Gasteiger partial charge on any atom is 0.226 e. The van der Waals surface area contributed by atoms with E-state index in [1.807, 2.05) is 12.3 Å². The molecule has 0 radical (unpaired) electrons. The molecular formula is C13H16N4OS. The van der Waals surface area contributed by atoms with E-state index >= 15 is 0 Å².